The molecule has 3 heterocycles. The third-order valence-electron chi connectivity index (χ3n) is 4.38. The number of nitrogens with zero attached hydrogens (tertiary/aromatic N) is 4. The molecule has 0 saturated heterocycles. The minimum absolute atomic E-state index is 0.127. The van der Waals surface area contributed by atoms with E-state index in [1.54, 1.807) is 18.2 Å². The summed E-state index contributed by atoms with van der Waals surface area (Å²) >= 11 is 0. The zero-order chi connectivity index (χ0) is 19.8. The van der Waals surface area contributed by atoms with E-state index in [9.17, 15) is 4.79 Å². The highest BCUT2D eigenvalue weighted by Crippen LogP contribution is 2.25. The summed E-state index contributed by atoms with van der Waals surface area (Å²) in [7, 11) is 0. The van der Waals surface area contributed by atoms with Gasteiger partial charge in [0.1, 0.15) is 11.5 Å². The van der Waals surface area contributed by atoms with Crippen LogP contribution in [0.15, 0.2) is 33.1 Å². The molecular formula is C20H18N4O4. The number of hydrogen-bond donors (Lipinski definition) is 0. The summed E-state index contributed by atoms with van der Waals surface area (Å²) in [6.45, 7) is 7.31. The lowest BCUT2D eigenvalue weighted by atomic mass is 10.2. The number of carbonyl (C=O) groups is 1. The van der Waals surface area contributed by atoms with Gasteiger partial charge >= 0.3 is 5.97 Å². The number of furan rings is 1. The van der Waals surface area contributed by atoms with Gasteiger partial charge in [-0.15, -0.1) is 10.2 Å². The molecule has 0 amide bonds. The summed E-state index contributed by atoms with van der Waals surface area (Å²) in [6.07, 6.45) is 0. The second kappa shape index (κ2) is 6.88. The van der Waals surface area contributed by atoms with Gasteiger partial charge in [-0.05, 0) is 52.0 Å². The SMILES string of the molecule is Cc1cc(-c2nnc(COC(=O)c3ccc4nc(C)c(C)nc4c3)o2)c(C)o1. The van der Waals surface area contributed by atoms with Gasteiger partial charge in [-0.1, -0.05) is 0 Å². The van der Waals surface area contributed by atoms with Crippen molar-refractivity contribution < 1.29 is 18.4 Å². The highest BCUT2D eigenvalue weighted by molar-refractivity contribution is 5.93. The normalized spacial score (nSPS) is 11.1. The number of ether oxygens (including phenoxy) is 1. The Morgan fingerprint density at radius 2 is 1.71 bits per heavy atom. The van der Waals surface area contributed by atoms with Gasteiger partial charge in [-0.3, -0.25) is 0 Å². The summed E-state index contributed by atoms with van der Waals surface area (Å²) in [5.74, 6) is 1.47. The van der Waals surface area contributed by atoms with Gasteiger partial charge in [0.2, 0.25) is 0 Å². The van der Waals surface area contributed by atoms with Crippen LogP contribution in [0, 0.1) is 27.7 Å². The first-order chi connectivity index (χ1) is 13.4. The lowest BCUT2D eigenvalue weighted by Crippen LogP contribution is -2.06. The Kier molecular flexibility index (Phi) is 4.38. The first kappa shape index (κ1) is 17.8. The predicted octanol–water partition coefficient (Wildman–Crippen LogP) is 3.86. The fourth-order valence-electron chi connectivity index (χ4n) is 2.83. The van der Waals surface area contributed by atoms with Crippen molar-refractivity contribution in [3.63, 3.8) is 0 Å². The van der Waals surface area contributed by atoms with E-state index in [-0.39, 0.29) is 12.5 Å². The summed E-state index contributed by atoms with van der Waals surface area (Å²) in [6, 6.07) is 6.89. The van der Waals surface area contributed by atoms with Crippen molar-refractivity contribution in [1.29, 1.82) is 0 Å². The lowest BCUT2D eigenvalue weighted by molar-refractivity contribution is 0.0439. The van der Waals surface area contributed by atoms with Crippen molar-refractivity contribution in [2.45, 2.75) is 34.3 Å². The molecule has 0 saturated carbocycles. The minimum atomic E-state index is -0.503. The number of benzene rings is 1. The number of hydrogen-bond acceptors (Lipinski definition) is 8. The van der Waals surface area contributed by atoms with E-state index in [1.807, 2.05) is 33.8 Å². The van der Waals surface area contributed by atoms with Crippen LogP contribution < -0.4 is 0 Å². The molecule has 0 fully saturated rings. The molecule has 0 bridgehead atoms. The Morgan fingerprint density at radius 3 is 2.43 bits per heavy atom. The summed E-state index contributed by atoms with van der Waals surface area (Å²) in [4.78, 5) is 21.3. The van der Waals surface area contributed by atoms with Gasteiger partial charge in [0, 0.05) is 0 Å². The molecule has 1 aromatic carbocycles. The van der Waals surface area contributed by atoms with E-state index in [0.717, 1.165) is 28.2 Å². The fourth-order valence-corrected chi connectivity index (χ4v) is 2.83. The average molecular weight is 378 g/mol. The van der Waals surface area contributed by atoms with Crippen LogP contribution in [-0.2, 0) is 11.3 Å². The lowest BCUT2D eigenvalue weighted by Gasteiger charge is -2.05. The molecule has 0 aliphatic heterocycles. The van der Waals surface area contributed by atoms with Gasteiger partial charge < -0.3 is 13.6 Å². The van der Waals surface area contributed by atoms with E-state index in [0.29, 0.717) is 22.7 Å². The topological polar surface area (TPSA) is 104 Å². The summed E-state index contributed by atoms with van der Waals surface area (Å²) < 4.78 is 16.3. The van der Waals surface area contributed by atoms with Crippen LogP contribution in [0.2, 0.25) is 0 Å². The minimum Gasteiger partial charge on any atom is -0.466 e. The number of aromatic nitrogens is 4. The number of esters is 1. The average Bonchev–Trinajstić information content (AvgIpc) is 3.26. The van der Waals surface area contributed by atoms with Gasteiger partial charge in [0.15, 0.2) is 6.61 Å². The van der Waals surface area contributed by atoms with Gasteiger partial charge in [0.25, 0.3) is 11.8 Å². The van der Waals surface area contributed by atoms with Gasteiger partial charge in [-0.2, -0.15) is 0 Å². The number of carbonyl (C=O) groups excluding carboxylic acids is 1. The van der Waals surface area contributed by atoms with Crippen molar-refractivity contribution in [3.8, 4) is 11.5 Å². The molecule has 0 atom stereocenters. The second-order valence-electron chi connectivity index (χ2n) is 6.50. The Labute approximate surface area is 160 Å². The maximum absolute atomic E-state index is 12.4. The number of rotatable bonds is 4. The number of fused-ring (bicyclic) bond motifs is 1. The van der Waals surface area contributed by atoms with Crippen LogP contribution in [0.5, 0.6) is 0 Å². The Morgan fingerprint density at radius 1 is 0.964 bits per heavy atom. The van der Waals surface area contributed by atoms with Gasteiger partial charge in [0.05, 0.1) is 33.5 Å². The standard InChI is InChI=1S/C20H18N4O4/c1-10-7-15(13(4)27-10)19-24-23-18(28-19)9-26-20(25)14-5-6-16-17(8-14)22-12(3)11(2)21-16/h5-8H,9H2,1-4H3. The van der Waals surface area contributed by atoms with Crippen LogP contribution in [0.4, 0.5) is 0 Å². The highest BCUT2D eigenvalue weighted by atomic mass is 16.5. The molecule has 28 heavy (non-hydrogen) atoms. The van der Waals surface area contributed by atoms with E-state index in [4.69, 9.17) is 13.6 Å². The van der Waals surface area contributed by atoms with E-state index in [1.165, 1.54) is 0 Å². The zero-order valence-corrected chi connectivity index (χ0v) is 15.9. The summed E-state index contributed by atoms with van der Waals surface area (Å²) in [5, 5.41) is 7.91. The Balaban J connectivity index is 1.48. The molecule has 0 radical (unpaired) electrons. The molecule has 4 rings (SSSR count). The maximum atomic E-state index is 12.4. The van der Waals surface area contributed by atoms with Crippen molar-refractivity contribution in [2.24, 2.45) is 0 Å². The molecule has 4 aromatic rings. The van der Waals surface area contributed by atoms with Crippen LogP contribution >= 0.6 is 0 Å². The number of aryl methyl sites for hydroxylation is 4. The maximum Gasteiger partial charge on any atom is 0.338 e. The van der Waals surface area contributed by atoms with Crippen molar-refractivity contribution in [1.82, 2.24) is 20.2 Å². The molecule has 0 aliphatic carbocycles. The molecule has 0 unspecified atom stereocenters. The first-order valence-corrected chi connectivity index (χ1v) is 8.72. The highest BCUT2D eigenvalue weighted by Gasteiger charge is 2.16. The van der Waals surface area contributed by atoms with Crippen LogP contribution in [0.1, 0.15) is 39.2 Å². The van der Waals surface area contributed by atoms with Crippen molar-refractivity contribution >= 4 is 17.0 Å². The van der Waals surface area contributed by atoms with E-state index < -0.39 is 5.97 Å². The van der Waals surface area contributed by atoms with Gasteiger partial charge in [-0.25, -0.2) is 14.8 Å². The monoisotopic (exact) mass is 378 g/mol. The largest absolute Gasteiger partial charge is 0.466 e. The molecule has 3 aromatic heterocycles. The van der Waals surface area contributed by atoms with Crippen LogP contribution in [0.25, 0.3) is 22.5 Å². The van der Waals surface area contributed by atoms with E-state index >= 15 is 0 Å². The third kappa shape index (κ3) is 3.36. The predicted molar refractivity (Wildman–Crippen MR) is 99.6 cm³/mol. The van der Waals surface area contributed by atoms with E-state index in [2.05, 4.69) is 20.2 Å². The summed E-state index contributed by atoms with van der Waals surface area (Å²) in [5.41, 5.74) is 4.15. The second-order valence-corrected chi connectivity index (χ2v) is 6.50. The van der Waals surface area contributed by atoms with Crippen LogP contribution in [0.3, 0.4) is 0 Å². The Bertz CT molecular complexity index is 1190. The molecule has 8 nitrogen and oxygen atoms in total. The fraction of sp³-hybridized carbons (Fsp3) is 0.250. The molecule has 0 N–H and O–H groups in total. The van der Waals surface area contributed by atoms with Crippen molar-refractivity contribution in [2.75, 3.05) is 0 Å². The molecule has 0 aliphatic rings. The first-order valence-electron chi connectivity index (χ1n) is 8.72. The zero-order valence-electron chi connectivity index (χ0n) is 15.9. The molecule has 0 spiro atoms. The smallest absolute Gasteiger partial charge is 0.338 e. The quantitative estimate of drug-likeness (QED) is 0.493. The van der Waals surface area contributed by atoms with Crippen LogP contribution in [-0.4, -0.2) is 26.1 Å². The third-order valence-corrected chi connectivity index (χ3v) is 4.38. The van der Waals surface area contributed by atoms with Crippen molar-refractivity contribution in [3.05, 3.63) is 58.6 Å². The Hall–Kier alpha value is -3.55. The molecular weight excluding hydrogens is 360 g/mol. The molecule has 142 valence electrons. The molecule has 8 heteroatoms.